The van der Waals surface area contributed by atoms with Crippen molar-refractivity contribution in [2.75, 3.05) is 10.6 Å². The molecule has 2 amide bonds. The van der Waals surface area contributed by atoms with Crippen LogP contribution in [0.15, 0.2) is 27.4 Å². The third kappa shape index (κ3) is 5.63. The zero-order chi connectivity index (χ0) is 28.0. The zero-order valence-corrected chi connectivity index (χ0v) is 22.5. The molecule has 1 heterocycles. The lowest BCUT2D eigenvalue weighted by molar-refractivity contribution is -0.123. The second kappa shape index (κ2) is 10.0. The van der Waals surface area contributed by atoms with Gasteiger partial charge in [0.1, 0.15) is 5.76 Å². The van der Waals surface area contributed by atoms with Crippen LogP contribution in [-0.2, 0) is 16.2 Å². The summed E-state index contributed by atoms with van der Waals surface area (Å²) in [5.41, 5.74) is -4.31. The van der Waals surface area contributed by atoms with Crippen molar-refractivity contribution in [3.05, 3.63) is 55.7 Å². The second-order valence-electron chi connectivity index (χ2n) is 10.5. The molecule has 0 aliphatic carbocycles. The van der Waals surface area contributed by atoms with Gasteiger partial charge in [0.15, 0.2) is 22.6 Å². The van der Waals surface area contributed by atoms with Crippen molar-refractivity contribution in [2.45, 2.75) is 48.1 Å². The number of hydrogen-bond donors (Lipinski definition) is 3. The van der Waals surface area contributed by atoms with Crippen LogP contribution < -0.4 is 16.1 Å². The van der Waals surface area contributed by atoms with E-state index >= 15 is 8.78 Å². The molecule has 37 heavy (non-hydrogen) atoms. The first-order valence-corrected chi connectivity index (χ1v) is 11.9. The van der Waals surface area contributed by atoms with E-state index in [2.05, 4.69) is 10.6 Å². The Balaban J connectivity index is 2.23. The summed E-state index contributed by atoms with van der Waals surface area (Å²) in [7, 11) is 0. The molecule has 0 saturated carbocycles. The van der Waals surface area contributed by atoms with Crippen molar-refractivity contribution in [3.63, 3.8) is 0 Å². The van der Waals surface area contributed by atoms with Gasteiger partial charge < -0.3 is 20.2 Å². The highest BCUT2D eigenvalue weighted by molar-refractivity contribution is 6.40. The Labute approximate surface area is 221 Å². The molecule has 198 valence electrons. The Morgan fingerprint density at radius 1 is 0.892 bits per heavy atom. The molecule has 2 aromatic carbocycles. The molecule has 7 nitrogen and oxygen atoms in total. The summed E-state index contributed by atoms with van der Waals surface area (Å²) in [6, 6.07) is 3.68. The number of benzene rings is 2. The topological polar surface area (TPSA) is 109 Å². The molecule has 0 bridgehead atoms. The summed E-state index contributed by atoms with van der Waals surface area (Å²) < 4.78 is 35.9. The number of nitrogens with one attached hydrogen (secondary N) is 2. The fourth-order valence-electron chi connectivity index (χ4n) is 3.21. The third-order valence-electron chi connectivity index (χ3n) is 5.47. The maximum Gasteiger partial charge on any atom is 0.229 e. The Morgan fingerprint density at radius 3 is 1.84 bits per heavy atom. The highest BCUT2D eigenvalue weighted by Gasteiger charge is 2.29. The Hall–Kier alpha value is -3.01. The van der Waals surface area contributed by atoms with E-state index in [4.69, 9.17) is 27.6 Å². The van der Waals surface area contributed by atoms with Crippen LogP contribution in [0.25, 0.3) is 22.3 Å². The smallest absolute Gasteiger partial charge is 0.229 e. The summed E-state index contributed by atoms with van der Waals surface area (Å²) in [6.07, 6.45) is 0. The fraction of sp³-hybridized carbons (Fsp3) is 0.346. The van der Waals surface area contributed by atoms with Crippen molar-refractivity contribution < 1.29 is 27.9 Å². The summed E-state index contributed by atoms with van der Waals surface area (Å²) in [4.78, 5) is 38.0. The van der Waals surface area contributed by atoms with E-state index in [1.165, 1.54) is 12.1 Å². The Bertz CT molecular complexity index is 1460. The van der Waals surface area contributed by atoms with Crippen LogP contribution in [0.4, 0.5) is 20.2 Å². The molecule has 0 aliphatic heterocycles. The van der Waals surface area contributed by atoms with Gasteiger partial charge in [0.25, 0.3) is 0 Å². The predicted molar refractivity (Wildman–Crippen MR) is 140 cm³/mol. The van der Waals surface area contributed by atoms with Gasteiger partial charge in [-0.3, -0.25) is 14.4 Å². The van der Waals surface area contributed by atoms with Gasteiger partial charge in [-0.15, -0.1) is 0 Å². The van der Waals surface area contributed by atoms with Gasteiger partial charge in [-0.2, -0.15) is 0 Å². The number of fused-ring (bicyclic) bond motifs is 1. The highest BCUT2D eigenvalue weighted by Crippen LogP contribution is 2.39. The molecule has 0 radical (unpaired) electrons. The van der Waals surface area contributed by atoms with E-state index in [0.29, 0.717) is 0 Å². The summed E-state index contributed by atoms with van der Waals surface area (Å²) in [5, 5.41) is 14.0. The number of hydrogen-bond acceptors (Lipinski definition) is 5. The molecule has 0 unspecified atom stereocenters. The molecule has 3 rings (SSSR count). The lowest BCUT2D eigenvalue weighted by Gasteiger charge is -2.20. The van der Waals surface area contributed by atoms with Gasteiger partial charge in [-0.05, 0) is 12.1 Å². The average Bonchev–Trinajstić information content (AvgIpc) is 2.77. The number of halogens is 4. The lowest BCUT2D eigenvalue weighted by Crippen LogP contribution is -2.29. The first-order chi connectivity index (χ1) is 17.0. The minimum atomic E-state index is -1.30. The lowest BCUT2D eigenvalue weighted by atomic mass is 9.95. The molecule has 0 saturated heterocycles. The van der Waals surface area contributed by atoms with E-state index in [1.807, 2.05) is 0 Å². The zero-order valence-electron chi connectivity index (χ0n) is 21.0. The first-order valence-electron chi connectivity index (χ1n) is 11.2. The van der Waals surface area contributed by atoms with E-state index in [0.717, 1.165) is 6.07 Å². The molecule has 11 heteroatoms. The van der Waals surface area contributed by atoms with E-state index in [1.54, 1.807) is 41.5 Å². The summed E-state index contributed by atoms with van der Waals surface area (Å²) in [6.45, 7) is 8.77. The second-order valence-corrected chi connectivity index (χ2v) is 11.4. The fourth-order valence-corrected chi connectivity index (χ4v) is 3.80. The van der Waals surface area contributed by atoms with Gasteiger partial charge >= 0.3 is 0 Å². The molecule has 3 N–H and O–H groups in total. The summed E-state index contributed by atoms with van der Waals surface area (Å²) in [5.74, 6) is -3.73. The van der Waals surface area contributed by atoms with Crippen LogP contribution in [-0.4, -0.2) is 16.9 Å². The molecular weight excluding hydrogens is 529 g/mol. The van der Waals surface area contributed by atoms with Crippen LogP contribution >= 0.6 is 23.2 Å². The van der Waals surface area contributed by atoms with E-state index in [9.17, 15) is 19.5 Å². The van der Waals surface area contributed by atoms with Crippen molar-refractivity contribution in [1.29, 1.82) is 0 Å². The van der Waals surface area contributed by atoms with Crippen molar-refractivity contribution in [3.8, 4) is 11.3 Å². The van der Waals surface area contributed by atoms with Crippen molar-refractivity contribution in [1.82, 2.24) is 0 Å². The maximum atomic E-state index is 15.2. The number of anilines is 2. The third-order valence-corrected chi connectivity index (χ3v) is 6.07. The molecule has 0 fully saturated rings. The van der Waals surface area contributed by atoms with Crippen LogP contribution in [0.2, 0.25) is 10.0 Å². The van der Waals surface area contributed by atoms with Crippen LogP contribution in [0.3, 0.4) is 0 Å². The van der Waals surface area contributed by atoms with Gasteiger partial charge in [-0.1, -0.05) is 64.7 Å². The Morgan fingerprint density at radius 2 is 1.38 bits per heavy atom. The number of carbonyl (C=O) groups is 2. The first kappa shape index (κ1) is 28.6. The number of aliphatic hydroxyl groups excluding tert-OH is 1. The quantitative estimate of drug-likeness (QED) is 0.340. The van der Waals surface area contributed by atoms with Crippen LogP contribution in [0, 0.1) is 22.5 Å². The minimum Gasteiger partial charge on any atom is -0.453 e. The number of rotatable bonds is 4. The number of amides is 2. The number of aliphatic hydroxyl groups is 1. The Kier molecular flexibility index (Phi) is 7.75. The molecule has 0 spiro atoms. The maximum absolute atomic E-state index is 15.2. The van der Waals surface area contributed by atoms with Gasteiger partial charge in [0, 0.05) is 22.5 Å². The molecule has 0 atom stereocenters. The molecule has 0 aliphatic rings. The standard InChI is InChI=1S/C26H26Cl2F2N2O5/c1-25(2,3)23(35)31-20-13(27)7-11(8-14(20)28)16-9-15(34)17-21(32-24(36)26(4,5)6)18(29)12(10-33)19(30)22(17)37-16/h7-9,33H,10H2,1-6H3,(H,31,35)(H,32,36). The summed E-state index contributed by atoms with van der Waals surface area (Å²) >= 11 is 12.7. The van der Waals surface area contributed by atoms with Crippen molar-refractivity contribution in [2.24, 2.45) is 10.8 Å². The van der Waals surface area contributed by atoms with Gasteiger partial charge in [-0.25, -0.2) is 8.78 Å². The predicted octanol–water partition coefficient (Wildman–Crippen LogP) is 6.51. The van der Waals surface area contributed by atoms with Gasteiger partial charge in [0.05, 0.1) is 39.0 Å². The highest BCUT2D eigenvalue weighted by atomic mass is 35.5. The van der Waals surface area contributed by atoms with Crippen molar-refractivity contribution >= 4 is 57.4 Å². The van der Waals surface area contributed by atoms with Gasteiger partial charge in [0.2, 0.25) is 11.8 Å². The minimum absolute atomic E-state index is 0.0246. The molecule has 3 aromatic rings. The van der Waals surface area contributed by atoms with E-state index < -0.39 is 62.6 Å². The van der Waals surface area contributed by atoms with E-state index in [-0.39, 0.29) is 33.0 Å². The SMILES string of the molecule is CC(C)(C)C(=O)Nc1c(Cl)cc(-c2cc(=O)c3c(NC(=O)C(C)(C)C)c(F)c(CO)c(F)c3o2)cc1Cl. The monoisotopic (exact) mass is 554 g/mol. The average molecular weight is 555 g/mol. The molecular formula is C26H26Cl2F2N2O5. The normalized spacial score (nSPS) is 12.1. The molecule has 1 aromatic heterocycles. The van der Waals surface area contributed by atoms with Crippen LogP contribution in [0.5, 0.6) is 0 Å². The number of carbonyl (C=O) groups excluding carboxylic acids is 2. The largest absolute Gasteiger partial charge is 0.453 e. The van der Waals surface area contributed by atoms with Crippen LogP contribution in [0.1, 0.15) is 47.1 Å².